The van der Waals surface area contributed by atoms with Gasteiger partial charge in [-0.3, -0.25) is 4.79 Å². The van der Waals surface area contributed by atoms with E-state index in [1.807, 2.05) is 12.1 Å². The average Bonchev–Trinajstić information content (AvgIpc) is 2.30. The molecule has 5 heteroatoms. The molecule has 1 aromatic carbocycles. The fourth-order valence-electron chi connectivity index (χ4n) is 1.38. The van der Waals surface area contributed by atoms with Gasteiger partial charge in [0.05, 0.1) is 21.7 Å². The topological polar surface area (TPSA) is 41.1 Å². The van der Waals surface area contributed by atoms with E-state index in [0.717, 1.165) is 23.1 Å². The van der Waals surface area contributed by atoms with Crippen LogP contribution in [0.2, 0.25) is 5.02 Å². The molecular weight excluding hydrogens is 316 g/mol. The summed E-state index contributed by atoms with van der Waals surface area (Å²) < 4.78 is 0.779. The lowest BCUT2D eigenvalue weighted by atomic mass is 10.1. The Balaban J connectivity index is 2.36. The Morgan fingerprint density at radius 2 is 2.17 bits per heavy atom. The molecule has 0 radical (unpaired) electrons. The molecule has 0 aliphatic heterocycles. The first kappa shape index (κ1) is 15.3. The van der Waals surface area contributed by atoms with Gasteiger partial charge in [0.1, 0.15) is 0 Å². The molecule has 0 aromatic heterocycles. The highest BCUT2D eigenvalue weighted by Crippen LogP contribution is 2.29. The summed E-state index contributed by atoms with van der Waals surface area (Å²) in [6.45, 7) is 5.23. The molecule has 0 saturated carbocycles. The maximum atomic E-state index is 11.6. The zero-order valence-electron chi connectivity index (χ0n) is 10.6. The number of nitrogens with one attached hydrogen (secondary N) is 2. The molecule has 0 fully saturated rings. The standard InChI is InChI=1S/C13H18BrClN2O/c1-9(2)6-7-16-12(18)8-17-11-5-3-4-10(15)13(11)14/h3-5,9,17H,6-8H2,1-2H3,(H,16,18). The lowest BCUT2D eigenvalue weighted by Gasteiger charge is -2.10. The molecule has 18 heavy (non-hydrogen) atoms. The zero-order chi connectivity index (χ0) is 13.5. The largest absolute Gasteiger partial charge is 0.375 e. The number of amides is 1. The average molecular weight is 334 g/mol. The molecule has 0 aliphatic carbocycles. The highest BCUT2D eigenvalue weighted by Gasteiger charge is 2.05. The van der Waals surface area contributed by atoms with Crippen LogP contribution < -0.4 is 10.6 Å². The van der Waals surface area contributed by atoms with E-state index in [9.17, 15) is 4.79 Å². The number of carbonyl (C=O) groups is 1. The van der Waals surface area contributed by atoms with Crippen LogP contribution in [0.25, 0.3) is 0 Å². The van der Waals surface area contributed by atoms with Crippen LogP contribution in [-0.4, -0.2) is 19.0 Å². The fourth-order valence-corrected chi connectivity index (χ4v) is 1.96. The van der Waals surface area contributed by atoms with Crippen LogP contribution in [0.5, 0.6) is 0 Å². The van der Waals surface area contributed by atoms with Gasteiger partial charge in [-0.25, -0.2) is 0 Å². The Labute approximate surface area is 121 Å². The van der Waals surface area contributed by atoms with Gasteiger partial charge in [-0.15, -0.1) is 0 Å². The molecule has 0 saturated heterocycles. The highest BCUT2D eigenvalue weighted by molar-refractivity contribution is 9.10. The lowest BCUT2D eigenvalue weighted by Crippen LogP contribution is -2.31. The van der Waals surface area contributed by atoms with E-state index < -0.39 is 0 Å². The van der Waals surface area contributed by atoms with Crippen molar-refractivity contribution < 1.29 is 4.79 Å². The maximum absolute atomic E-state index is 11.6. The Morgan fingerprint density at radius 3 is 2.83 bits per heavy atom. The summed E-state index contributed by atoms with van der Waals surface area (Å²) in [5, 5.41) is 6.54. The minimum Gasteiger partial charge on any atom is -0.375 e. The van der Waals surface area contributed by atoms with Gasteiger partial charge >= 0.3 is 0 Å². The quantitative estimate of drug-likeness (QED) is 0.834. The van der Waals surface area contributed by atoms with E-state index in [1.165, 1.54) is 0 Å². The van der Waals surface area contributed by atoms with Crippen molar-refractivity contribution in [1.29, 1.82) is 0 Å². The number of hydrogen-bond donors (Lipinski definition) is 2. The van der Waals surface area contributed by atoms with E-state index >= 15 is 0 Å². The van der Waals surface area contributed by atoms with Crippen molar-refractivity contribution in [2.45, 2.75) is 20.3 Å². The maximum Gasteiger partial charge on any atom is 0.239 e. The van der Waals surface area contributed by atoms with Crippen LogP contribution in [0.15, 0.2) is 22.7 Å². The van der Waals surface area contributed by atoms with E-state index in [0.29, 0.717) is 10.9 Å². The van der Waals surface area contributed by atoms with E-state index in [-0.39, 0.29) is 12.5 Å². The summed E-state index contributed by atoms with van der Waals surface area (Å²) in [5.41, 5.74) is 0.821. The molecule has 0 bridgehead atoms. The molecule has 3 nitrogen and oxygen atoms in total. The molecule has 0 unspecified atom stereocenters. The van der Waals surface area contributed by atoms with Crippen LogP contribution in [0, 0.1) is 5.92 Å². The van der Waals surface area contributed by atoms with Gasteiger partial charge in [-0.2, -0.15) is 0 Å². The van der Waals surface area contributed by atoms with Crippen LogP contribution >= 0.6 is 27.5 Å². The van der Waals surface area contributed by atoms with Crippen LogP contribution in [0.3, 0.4) is 0 Å². The lowest BCUT2D eigenvalue weighted by molar-refractivity contribution is -0.119. The summed E-state index contributed by atoms with van der Waals surface area (Å²) in [5.74, 6) is 0.586. The SMILES string of the molecule is CC(C)CCNC(=O)CNc1cccc(Cl)c1Br. The van der Waals surface area contributed by atoms with Gasteiger partial charge in [0, 0.05) is 6.54 Å². The summed E-state index contributed by atoms with van der Waals surface area (Å²) >= 11 is 9.34. The number of benzene rings is 1. The Hall–Kier alpha value is -0.740. The monoisotopic (exact) mass is 332 g/mol. The molecule has 100 valence electrons. The first-order valence-electron chi connectivity index (χ1n) is 5.95. The molecule has 2 N–H and O–H groups in total. The first-order valence-corrected chi connectivity index (χ1v) is 7.12. The summed E-state index contributed by atoms with van der Waals surface area (Å²) in [6.07, 6.45) is 0.993. The second-order valence-electron chi connectivity index (χ2n) is 4.49. The Bertz CT molecular complexity index is 410. The predicted octanol–water partition coefficient (Wildman–Crippen LogP) is 3.68. The normalized spacial score (nSPS) is 10.5. The van der Waals surface area contributed by atoms with Crippen molar-refractivity contribution in [3.63, 3.8) is 0 Å². The first-order chi connectivity index (χ1) is 8.50. The zero-order valence-corrected chi connectivity index (χ0v) is 12.9. The minimum absolute atomic E-state index is 0.0116. The molecule has 1 aromatic rings. The minimum atomic E-state index is -0.0116. The third-order valence-corrected chi connectivity index (χ3v) is 3.83. The summed E-state index contributed by atoms with van der Waals surface area (Å²) in [6, 6.07) is 5.50. The molecule has 0 heterocycles. The molecular formula is C13H18BrClN2O. The Morgan fingerprint density at radius 1 is 1.44 bits per heavy atom. The van der Waals surface area contributed by atoms with Crippen molar-refractivity contribution in [2.75, 3.05) is 18.4 Å². The Kier molecular flexibility index (Phi) is 6.50. The molecule has 0 atom stereocenters. The van der Waals surface area contributed by atoms with Gasteiger partial charge < -0.3 is 10.6 Å². The third-order valence-electron chi connectivity index (χ3n) is 2.43. The summed E-state index contributed by atoms with van der Waals surface area (Å²) in [7, 11) is 0. The second kappa shape index (κ2) is 7.64. The number of anilines is 1. The van der Waals surface area contributed by atoms with Crippen molar-refractivity contribution in [1.82, 2.24) is 5.32 Å². The van der Waals surface area contributed by atoms with Gasteiger partial charge in [-0.05, 0) is 40.4 Å². The van der Waals surface area contributed by atoms with E-state index in [2.05, 4.69) is 40.4 Å². The molecule has 0 spiro atoms. The van der Waals surface area contributed by atoms with Crippen molar-refractivity contribution in [2.24, 2.45) is 5.92 Å². The van der Waals surface area contributed by atoms with Crippen molar-refractivity contribution >= 4 is 39.1 Å². The van der Waals surface area contributed by atoms with Crippen molar-refractivity contribution in [3.05, 3.63) is 27.7 Å². The number of hydrogen-bond acceptors (Lipinski definition) is 2. The van der Waals surface area contributed by atoms with Gasteiger partial charge in [0.25, 0.3) is 0 Å². The fraction of sp³-hybridized carbons (Fsp3) is 0.462. The van der Waals surface area contributed by atoms with Crippen LogP contribution in [-0.2, 0) is 4.79 Å². The van der Waals surface area contributed by atoms with Crippen LogP contribution in [0.1, 0.15) is 20.3 Å². The predicted molar refractivity (Wildman–Crippen MR) is 80.1 cm³/mol. The molecule has 1 amide bonds. The van der Waals surface area contributed by atoms with Gasteiger partial charge in [0.2, 0.25) is 5.91 Å². The van der Waals surface area contributed by atoms with E-state index in [4.69, 9.17) is 11.6 Å². The number of rotatable bonds is 6. The summed E-state index contributed by atoms with van der Waals surface area (Å²) in [4.78, 5) is 11.6. The number of halogens is 2. The van der Waals surface area contributed by atoms with Crippen molar-refractivity contribution in [3.8, 4) is 0 Å². The smallest absolute Gasteiger partial charge is 0.239 e. The van der Waals surface area contributed by atoms with Crippen LogP contribution in [0.4, 0.5) is 5.69 Å². The van der Waals surface area contributed by atoms with E-state index in [1.54, 1.807) is 6.07 Å². The highest BCUT2D eigenvalue weighted by atomic mass is 79.9. The van der Waals surface area contributed by atoms with Gasteiger partial charge in [0.15, 0.2) is 0 Å². The second-order valence-corrected chi connectivity index (χ2v) is 5.69. The van der Waals surface area contributed by atoms with Gasteiger partial charge in [-0.1, -0.05) is 31.5 Å². The third kappa shape index (κ3) is 5.27. The molecule has 1 rings (SSSR count). The molecule has 0 aliphatic rings. The number of carbonyl (C=O) groups excluding carboxylic acids is 1.